The van der Waals surface area contributed by atoms with E-state index in [0.29, 0.717) is 6.42 Å². The van der Waals surface area contributed by atoms with E-state index in [2.05, 4.69) is 27.7 Å². The van der Waals surface area contributed by atoms with Crippen LogP contribution in [0.3, 0.4) is 0 Å². The van der Waals surface area contributed by atoms with Gasteiger partial charge in [-0.2, -0.15) is 11.8 Å². The van der Waals surface area contributed by atoms with Crippen molar-refractivity contribution in [1.82, 2.24) is 4.90 Å². The predicted octanol–water partition coefficient (Wildman–Crippen LogP) is 2.94. The maximum atomic E-state index is 11.0. The minimum absolute atomic E-state index is 0.0579. The summed E-state index contributed by atoms with van der Waals surface area (Å²) in [5, 5.41) is -0.127. The molecule has 1 fully saturated rings. The first-order valence-electron chi connectivity index (χ1n) is 5.83. The van der Waals surface area contributed by atoms with Gasteiger partial charge in [-0.1, -0.05) is 40.5 Å². The molecule has 0 radical (unpaired) electrons. The van der Waals surface area contributed by atoms with Crippen LogP contribution in [0.5, 0.6) is 0 Å². The second-order valence-electron chi connectivity index (χ2n) is 3.63. The maximum Gasteiger partial charge on any atom is 0.242 e. The third kappa shape index (κ3) is 6.88. The number of hydrogen-bond donors (Lipinski definition) is 0. The molecule has 1 atom stereocenters. The van der Waals surface area contributed by atoms with Crippen LogP contribution >= 0.6 is 11.8 Å². The zero-order chi connectivity index (χ0) is 13.1. The molecule has 0 aromatic rings. The van der Waals surface area contributed by atoms with E-state index in [4.69, 9.17) is 0 Å². The topological polar surface area (TPSA) is 37.4 Å². The molecule has 0 aromatic heterocycles. The van der Waals surface area contributed by atoms with E-state index < -0.39 is 0 Å². The third-order valence-electron chi connectivity index (χ3n) is 1.62. The molecule has 0 spiro atoms. The van der Waals surface area contributed by atoms with Crippen LogP contribution in [0, 0.1) is 0 Å². The average molecular weight is 247 g/mol. The van der Waals surface area contributed by atoms with Gasteiger partial charge < -0.3 is 0 Å². The molecule has 0 bridgehead atoms. The van der Waals surface area contributed by atoms with Crippen molar-refractivity contribution in [3.63, 3.8) is 0 Å². The lowest BCUT2D eigenvalue weighted by Gasteiger charge is -2.04. The van der Waals surface area contributed by atoms with E-state index in [9.17, 15) is 9.59 Å². The Labute approximate surface area is 104 Å². The molecular weight excluding hydrogens is 222 g/mol. The summed E-state index contributed by atoms with van der Waals surface area (Å²) < 4.78 is 0. The molecule has 0 saturated carbocycles. The van der Waals surface area contributed by atoms with Gasteiger partial charge in [0.05, 0.1) is 5.25 Å². The van der Waals surface area contributed by atoms with E-state index in [0.717, 1.165) is 0 Å². The van der Waals surface area contributed by atoms with Crippen LogP contribution in [0.1, 0.15) is 47.0 Å². The quantitative estimate of drug-likeness (QED) is 0.669. The number of rotatable bonds is 1. The monoisotopic (exact) mass is 247 g/mol. The Morgan fingerprint density at radius 3 is 1.69 bits per heavy atom. The zero-order valence-electron chi connectivity index (χ0n) is 11.4. The first-order valence-corrected chi connectivity index (χ1v) is 7.11. The van der Waals surface area contributed by atoms with E-state index >= 15 is 0 Å². The van der Waals surface area contributed by atoms with Gasteiger partial charge in [0.2, 0.25) is 11.8 Å². The fourth-order valence-electron chi connectivity index (χ4n) is 0.906. The second-order valence-corrected chi connectivity index (χ2v) is 4.67. The van der Waals surface area contributed by atoms with Crippen LogP contribution in [-0.4, -0.2) is 35.3 Å². The number of nitrogens with zero attached hydrogens (tertiary/aromatic N) is 1. The predicted molar refractivity (Wildman–Crippen MR) is 71.6 cm³/mol. The lowest BCUT2D eigenvalue weighted by molar-refractivity contribution is -0.136. The van der Waals surface area contributed by atoms with Gasteiger partial charge in [0, 0.05) is 13.5 Å². The molecule has 1 saturated heterocycles. The molecule has 1 unspecified atom stereocenters. The van der Waals surface area contributed by atoms with Gasteiger partial charge in [-0.3, -0.25) is 14.5 Å². The lowest BCUT2D eigenvalue weighted by atomic mass is 10.4. The Kier molecular flexibility index (Phi) is 12.3. The maximum absolute atomic E-state index is 11.0. The molecule has 2 amide bonds. The molecule has 0 N–H and O–H groups in total. The third-order valence-corrected chi connectivity index (χ3v) is 2.56. The molecule has 96 valence electrons. The van der Waals surface area contributed by atoms with Crippen LogP contribution in [-0.2, 0) is 9.59 Å². The Bertz CT molecular complexity index is 205. The van der Waals surface area contributed by atoms with Crippen molar-refractivity contribution in [1.29, 1.82) is 0 Å². The number of likely N-dealkylation sites (tertiary alicyclic amines) is 1. The first kappa shape index (κ1) is 17.9. The Morgan fingerprint density at radius 2 is 1.56 bits per heavy atom. The minimum Gasteiger partial charge on any atom is -0.285 e. The van der Waals surface area contributed by atoms with Crippen molar-refractivity contribution >= 4 is 23.6 Å². The van der Waals surface area contributed by atoms with Crippen LogP contribution in [0.4, 0.5) is 0 Å². The van der Waals surface area contributed by atoms with E-state index in [1.165, 1.54) is 36.6 Å². The SMILES string of the molecule is CCC.CCC.CSC1CC(=O)N(C)C1=O. The fraction of sp³-hybridized carbons (Fsp3) is 0.833. The summed E-state index contributed by atoms with van der Waals surface area (Å²) in [5.41, 5.74) is 0. The van der Waals surface area contributed by atoms with Crippen molar-refractivity contribution in [2.24, 2.45) is 0 Å². The Hall–Kier alpha value is -0.510. The van der Waals surface area contributed by atoms with Crippen molar-refractivity contribution in [2.75, 3.05) is 13.3 Å². The standard InChI is InChI=1S/C6H9NO2S.2C3H8/c1-7-5(8)3-4(10-2)6(7)9;2*1-3-2/h4H,3H2,1-2H3;2*3H2,1-2H3. The van der Waals surface area contributed by atoms with Gasteiger partial charge in [-0.05, 0) is 6.26 Å². The van der Waals surface area contributed by atoms with Crippen LogP contribution in [0.25, 0.3) is 0 Å². The van der Waals surface area contributed by atoms with Gasteiger partial charge in [-0.15, -0.1) is 0 Å². The van der Waals surface area contributed by atoms with E-state index in [-0.39, 0.29) is 17.1 Å². The van der Waals surface area contributed by atoms with Crippen molar-refractivity contribution < 1.29 is 9.59 Å². The molecule has 1 aliphatic heterocycles. The van der Waals surface area contributed by atoms with Crippen molar-refractivity contribution in [3.8, 4) is 0 Å². The highest BCUT2D eigenvalue weighted by Crippen LogP contribution is 2.21. The largest absolute Gasteiger partial charge is 0.285 e. The molecule has 1 rings (SSSR count). The molecular formula is C12H25NO2S. The number of amides is 2. The Morgan fingerprint density at radius 1 is 1.19 bits per heavy atom. The highest BCUT2D eigenvalue weighted by atomic mass is 32.2. The van der Waals surface area contributed by atoms with Crippen molar-refractivity contribution in [3.05, 3.63) is 0 Å². The number of carbonyl (C=O) groups is 2. The van der Waals surface area contributed by atoms with Gasteiger partial charge in [0.1, 0.15) is 0 Å². The molecule has 0 aromatic carbocycles. The number of imide groups is 1. The van der Waals surface area contributed by atoms with Crippen LogP contribution in [0.2, 0.25) is 0 Å². The number of carbonyl (C=O) groups excluding carboxylic acids is 2. The number of thioether (sulfide) groups is 1. The summed E-state index contributed by atoms with van der Waals surface area (Å²) in [5.74, 6) is -0.123. The fourth-order valence-corrected chi connectivity index (χ4v) is 1.57. The average Bonchev–Trinajstić information content (AvgIpc) is 2.48. The lowest BCUT2D eigenvalue weighted by Crippen LogP contribution is -2.26. The summed E-state index contributed by atoms with van der Waals surface area (Å²) in [6, 6.07) is 0. The van der Waals surface area contributed by atoms with Crippen LogP contribution < -0.4 is 0 Å². The van der Waals surface area contributed by atoms with Gasteiger partial charge in [0.15, 0.2) is 0 Å². The Balaban J connectivity index is 0. The smallest absolute Gasteiger partial charge is 0.242 e. The second kappa shape index (κ2) is 11.0. The van der Waals surface area contributed by atoms with Gasteiger partial charge >= 0.3 is 0 Å². The zero-order valence-corrected chi connectivity index (χ0v) is 12.2. The molecule has 1 heterocycles. The molecule has 0 aliphatic carbocycles. The normalized spacial score (nSPS) is 18.6. The highest BCUT2D eigenvalue weighted by Gasteiger charge is 2.34. The summed E-state index contributed by atoms with van der Waals surface area (Å²) >= 11 is 1.44. The molecule has 3 nitrogen and oxygen atoms in total. The van der Waals surface area contributed by atoms with Crippen LogP contribution in [0.15, 0.2) is 0 Å². The molecule has 1 aliphatic rings. The molecule has 16 heavy (non-hydrogen) atoms. The van der Waals surface area contributed by atoms with Crippen molar-refractivity contribution in [2.45, 2.75) is 52.2 Å². The first-order chi connectivity index (χ1) is 7.49. The minimum atomic E-state index is -0.127. The van der Waals surface area contributed by atoms with E-state index in [1.807, 2.05) is 6.26 Å². The summed E-state index contributed by atoms with van der Waals surface area (Å²) in [4.78, 5) is 23.1. The van der Waals surface area contributed by atoms with Gasteiger partial charge in [0.25, 0.3) is 0 Å². The van der Waals surface area contributed by atoms with E-state index in [1.54, 1.807) is 0 Å². The summed E-state index contributed by atoms with van der Waals surface area (Å²) in [6.07, 6.45) is 4.71. The summed E-state index contributed by atoms with van der Waals surface area (Å²) in [6.45, 7) is 8.50. The number of hydrogen-bond acceptors (Lipinski definition) is 3. The molecule has 4 heteroatoms. The van der Waals surface area contributed by atoms with Gasteiger partial charge in [-0.25, -0.2) is 0 Å². The highest BCUT2D eigenvalue weighted by molar-refractivity contribution is 8.00. The summed E-state index contributed by atoms with van der Waals surface area (Å²) in [7, 11) is 1.53.